The van der Waals surface area contributed by atoms with Crippen molar-refractivity contribution < 1.29 is 4.39 Å². The van der Waals surface area contributed by atoms with Crippen LogP contribution in [0.1, 0.15) is 16.8 Å². The Balaban J connectivity index is 1.87. The smallest absolute Gasteiger partial charge is 0.284 e. The van der Waals surface area contributed by atoms with Crippen molar-refractivity contribution in [3.63, 3.8) is 0 Å². The number of rotatable bonds is 3. The summed E-state index contributed by atoms with van der Waals surface area (Å²) in [6.07, 6.45) is 0.384. The highest BCUT2D eigenvalue weighted by molar-refractivity contribution is 6.30. The van der Waals surface area contributed by atoms with Gasteiger partial charge in [0.15, 0.2) is 5.43 Å². The van der Waals surface area contributed by atoms with Crippen molar-refractivity contribution in [3.8, 4) is 5.69 Å². The summed E-state index contributed by atoms with van der Waals surface area (Å²) in [5, 5.41) is 3.56. The van der Waals surface area contributed by atoms with Crippen LogP contribution in [0.25, 0.3) is 16.7 Å². The zero-order valence-electron chi connectivity index (χ0n) is 14.3. The molecule has 2 aromatic carbocycles. The van der Waals surface area contributed by atoms with Crippen molar-refractivity contribution in [3.05, 3.63) is 96.8 Å². The third-order valence-corrected chi connectivity index (χ3v) is 4.79. The first kappa shape index (κ1) is 17.3. The predicted octanol–water partition coefficient (Wildman–Crippen LogP) is 3.70. The van der Waals surface area contributed by atoms with Gasteiger partial charge in [0, 0.05) is 22.7 Å². The second-order valence-corrected chi connectivity index (χ2v) is 6.78. The lowest BCUT2D eigenvalue weighted by atomic mass is 10.0. The predicted molar refractivity (Wildman–Crippen MR) is 103 cm³/mol. The van der Waals surface area contributed by atoms with E-state index >= 15 is 0 Å². The first-order chi connectivity index (χ1) is 12.9. The van der Waals surface area contributed by atoms with Gasteiger partial charge in [-0.1, -0.05) is 23.7 Å². The zero-order valence-corrected chi connectivity index (χ0v) is 15.1. The van der Waals surface area contributed by atoms with Crippen molar-refractivity contribution in [2.45, 2.75) is 13.3 Å². The highest BCUT2D eigenvalue weighted by Gasteiger charge is 2.17. The van der Waals surface area contributed by atoms with E-state index in [2.05, 4.69) is 10.1 Å². The highest BCUT2D eigenvalue weighted by Crippen LogP contribution is 2.15. The standard InChI is InChI=1S/C20H15ClFN3O2/c1-11-16(10-12-2-4-13(21)5-3-12)18(26)17-19(23-11)24-25(20(17)27)15-8-6-14(22)7-9-15/h2-9H,10H2,1H3,(H2,23,24,26). The molecule has 5 nitrogen and oxygen atoms in total. The van der Waals surface area contributed by atoms with E-state index in [1.54, 1.807) is 19.1 Å². The fourth-order valence-corrected chi connectivity index (χ4v) is 3.24. The molecule has 0 amide bonds. The van der Waals surface area contributed by atoms with E-state index in [1.807, 2.05) is 12.1 Å². The monoisotopic (exact) mass is 383 g/mol. The normalized spacial score (nSPS) is 11.2. The van der Waals surface area contributed by atoms with E-state index in [4.69, 9.17) is 11.6 Å². The van der Waals surface area contributed by atoms with Gasteiger partial charge in [0.05, 0.1) is 5.69 Å². The maximum absolute atomic E-state index is 13.1. The molecule has 0 saturated carbocycles. The Hall–Kier alpha value is -3.12. The largest absolute Gasteiger partial charge is 0.343 e. The van der Waals surface area contributed by atoms with Crippen LogP contribution in [0.15, 0.2) is 58.1 Å². The Bertz CT molecular complexity index is 1250. The number of fused-ring (bicyclic) bond motifs is 1. The van der Waals surface area contributed by atoms with Gasteiger partial charge >= 0.3 is 0 Å². The van der Waals surface area contributed by atoms with Crippen molar-refractivity contribution >= 4 is 22.6 Å². The van der Waals surface area contributed by atoms with Crippen LogP contribution in [0.4, 0.5) is 4.39 Å². The van der Waals surface area contributed by atoms with Crippen LogP contribution in [0.3, 0.4) is 0 Å². The van der Waals surface area contributed by atoms with Gasteiger partial charge in [-0.15, -0.1) is 0 Å². The van der Waals surface area contributed by atoms with Gasteiger partial charge in [-0.25, -0.2) is 9.07 Å². The lowest BCUT2D eigenvalue weighted by Gasteiger charge is -2.06. The average Bonchev–Trinajstić information content (AvgIpc) is 2.97. The lowest BCUT2D eigenvalue weighted by Crippen LogP contribution is -2.21. The minimum absolute atomic E-state index is 0.0499. The number of aryl methyl sites for hydroxylation is 1. The molecule has 2 aromatic heterocycles. The second-order valence-electron chi connectivity index (χ2n) is 6.34. The number of nitrogens with zero attached hydrogens (tertiary/aromatic N) is 1. The summed E-state index contributed by atoms with van der Waals surface area (Å²) >= 11 is 5.91. The zero-order chi connectivity index (χ0) is 19.1. The van der Waals surface area contributed by atoms with Crippen LogP contribution in [-0.4, -0.2) is 14.8 Å². The minimum atomic E-state index is -0.477. The van der Waals surface area contributed by atoms with Crippen LogP contribution < -0.4 is 11.0 Å². The molecule has 0 saturated heterocycles. The van der Waals surface area contributed by atoms with Gasteiger partial charge in [-0.05, 0) is 48.9 Å². The van der Waals surface area contributed by atoms with E-state index in [9.17, 15) is 14.0 Å². The summed E-state index contributed by atoms with van der Waals surface area (Å²) in [6.45, 7) is 1.79. The molecule has 2 N–H and O–H groups in total. The van der Waals surface area contributed by atoms with Gasteiger partial charge in [0.25, 0.3) is 5.56 Å². The first-order valence-electron chi connectivity index (χ1n) is 8.31. The summed E-state index contributed by atoms with van der Waals surface area (Å²) in [6, 6.07) is 12.7. The van der Waals surface area contributed by atoms with Crippen LogP contribution in [-0.2, 0) is 6.42 Å². The molecule has 0 bridgehead atoms. The van der Waals surface area contributed by atoms with Crippen molar-refractivity contribution in [1.82, 2.24) is 14.8 Å². The first-order valence-corrected chi connectivity index (χ1v) is 8.68. The number of H-pyrrole nitrogens is 2. The van der Waals surface area contributed by atoms with E-state index in [0.717, 1.165) is 5.56 Å². The van der Waals surface area contributed by atoms with E-state index in [0.29, 0.717) is 34.0 Å². The number of hydrogen-bond donors (Lipinski definition) is 2. The van der Waals surface area contributed by atoms with Crippen LogP contribution in [0.2, 0.25) is 5.02 Å². The maximum Gasteiger partial charge on any atom is 0.284 e. The SMILES string of the molecule is Cc1[nH]c2[nH]n(-c3ccc(F)cc3)c(=O)c2c(=O)c1Cc1ccc(Cl)cc1. The quantitative estimate of drug-likeness (QED) is 0.566. The van der Waals surface area contributed by atoms with Crippen molar-refractivity contribution in [1.29, 1.82) is 0 Å². The van der Waals surface area contributed by atoms with Crippen molar-refractivity contribution in [2.75, 3.05) is 0 Å². The molecule has 0 atom stereocenters. The summed E-state index contributed by atoms with van der Waals surface area (Å²) in [4.78, 5) is 28.9. The summed E-state index contributed by atoms with van der Waals surface area (Å²) in [5.41, 5.74) is 2.10. The van der Waals surface area contributed by atoms with Gasteiger partial charge in [0.2, 0.25) is 0 Å². The average molecular weight is 384 g/mol. The lowest BCUT2D eigenvalue weighted by molar-refractivity contribution is 0.627. The Labute approximate surface area is 158 Å². The summed E-state index contributed by atoms with van der Waals surface area (Å²) < 4.78 is 14.4. The molecule has 136 valence electrons. The number of benzene rings is 2. The third-order valence-electron chi connectivity index (χ3n) is 4.54. The van der Waals surface area contributed by atoms with E-state index in [1.165, 1.54) is 28.9 Å². The fraction of sp³-hybridized carbons (Fsp3) is 0.100. The number of nitrogens with one attached hydrogen (secondary N) is 2. The maximum atomic E-state index is 13.1. The number of pyridine rings is 1. The molecular weight excluding hydrogens is 369 g/mol. The molecule has 0 aliphatic heterocycles. The summed E-state index contributed by atoms with van der Waals surface area (Å²) in [5.74, 6) is -0.403. The summed E-state index contributed by atoms with van der Waals surface area (Å²) in [7, 11) is 0. The van der Waals surface area contributed by atoms with Crippen molar-refractivity contribution in [2.24, 2.45) is 0 Å². The molecule has 4 rings (SSSR count). The Morgan fingerprint density at radius 1 is 1.04 bits per heavy atom. The molecular formula is C20H15ClFN3O2. The van der Waals surface area contributed by atoms with Gasteiger partial charge in [0.1, 0.15) is 16.9 Å². The molecule has 0 fully saturated rings. The molecule has 0 aliphatic rings. The molecule has 4 aromatic rings. The highest BCUT2D eigenvalue weighted by atomic mass is 35.5. The number of halogens is 2. The van der Waals surface area contributed by atoms with Gasteiger partial charge in [-0.2, -0.15) is 0 Å². The molecule has 0 spiro atoms. The van der Waals surface area contributed by atoms with Crippen LogP contribution >= 0.6 is 11.6 Å². The third kappa shape index (κ3) is 3.08. The fourth-order valence-electron chi connectivity index (χ4n) is 3.11. The molecule has 2 heterocycles. The van der Waals surface area contributed by atoms with E-state index in [-0.39, 0.29) is 10.8 Å². The number of aromatic amines is 2. The van der Waals surface area contributed by atoms with Gasteiger partial charge < -0.3 is 4.98 Å². The molecule has 0 unspecified atom stereocenters. The Morgan fingerprint density at radius 2 is 1.70 bits per heavy atom. The number of hydrogen-bond acceptors (Lipinski definition) is 2. The van der Waals surface area contributed by atoms with Crippen LogP contribution in [0, 0.1) is 12.7 Å². The molecule has 27 heavy (non-hydrogen) atoms. The second kappa shape index (κ2) is 6.55. The van der Waals surface area contributed by atoms with E-state index < -0.39 is 11.4 Å². The topological polar surface area (TPSA) is 70.7 Å². The molecule has 0 aliphatic carbocycles. The molecule has 7 heteroatoms. The Kier molecular flexibility index (Phi) is 4.20. The van der Waals surface area contributed by atoms with Gasteiger partial charge in [-0.3, -0.25) is 14.7 Å². The minimum Gasteiger partial charge on any atom is -0.343 e. The number of aromatic nitrogens is 3. The Morgan fingerprint density at radius 3 is 2.37 bits per heavy atom. The van der Waals surface area contributed by atoms with Crippen LogP contribution in [0.5, 0.6) is 0 Å². The molecule has 0 radical (unpaired) electrons.